The maximum Gasteiger partial charge on any atom is 0.405 e. The number of halogens is 3. The number of hydrogen-bond donors (Lipinski definition) is 2. The fourth-order valence-electron chi connectivity index (χ4n) is 4.05. The summed E-state index contributed by atoms with van der Waals surface area (Å²) in [4.78, 5) is 24.7. The van der Waals surface area contributed by atoms with Crippen LogP contribution in [0.3, 0.4) is 0 Å². The Hall–Kier alpha value is -3.43. The number of amides is 1. The number of nitrogens with one attached hydrogen (secondary N) is 2. The molecule has 0 aliphatic heterocycles. The highest BCUT2D eigenvalue weighted by Crippen LogP contribution is 2.50. The summed E-state index contributed by atoms with van der Waals surface area (Å²) in [7, 11) is 4.42. The molecule has 1 atom stereocenters. The summed E-state index contributed by atoms with van der Waals surface area (Å²) in [5.41, 5.74) is 1.62. The van der Waals surface area contributed by atoms with Gasteiger partial charge in [-0.05, 0) is 47.7 Å². The maximum absolute atomic E-state index is 12.8. The number of benzene rings is 1. The molecule has 2 N–H and O–H groups in total. The van der Waals surface area contributed by atoms with Crippen molar-refractivity contribution in [3.63, 3.8) is 0 Å². The minimum Gasteiger partial charge on any atom is -0.493 e. The first-order valence-corrected chi connectivity index (χ1v) is 10.2. The van der Waals surface area contributed by atoms with E-state index in [0.717, 1.165) is 5.56 Å². The third kappa shape index (κ3) is 5.15. The van der Waals surface area contributed by atoms with Crippen LogP contribution in [0, 0.1) is 0 Å². The highest BCUT2D eigenvalue weighted by Gasteiger charge is 2.30. The van der Waals surface area contributed by atoms with Gasteiger partial charge in [-0.15, -0.1) is 0 Å². The molecule has 0 bridgehead atoms. The molecular weight excluding hydrogens is 441 g/mol. The molecule has 0 fully saturated rings. The second-order valence-corrected chi connectivity index (χ2v) is 7.56. The van der Waals surface area contributed by atoms with Crippen molar-refractivity contribution >= 4 is 11.6 Å². The van der Waals surface area contributed by atoms with Crippen molar-refractivity contribution in [2.24, 2.45) is 0 Å². The molecule has 3 rings (SSSR count). The lowest BCUT2D eigenvalue weighted by molar-refractivity contribution is -0.119. The summed E-state index contributed by atoms with van der Waals surface area (Å²) in [5, 5.41) is 5.00. The molecule has 2 aromatic rings. The second kappa shape index (κ2) is 9.60. The Morgan fingerprint density at radius 2 is 1.79 bits per heavy atom. The van der Waals surface area contributed by atoms with Gasteiger partial charge >= 0.3 is 6.18 Å². The van der Waals surface area contributed by atoms with Crippen LogP contribution < -0.4 is 30.3 Å². The van der Waals surface area contributed by atoms with Crippen molar-refractivity contribution < 1.29 is 32.2 Å². The molecule has 2 aromatic carbocycles. The van der Waals surface area contributed by atoms with Crippen LogP contribution in [0.4, 0.5) is 18.9 Å². The van der Waals surface area contributed by atoms with Gasteiger partial charge in [-0.1, -0.05) is 6.07 Å². The molecule has 0 saturated carbocycles. The fraction of sp³-hybridized carbons (Fsp3) is 0.391. The molecule has 0 unspecified atom stereocenters. The third-order valence-electron chi connectivity index (χ3n) is 5.40. The molecule has 10 heteroatoms. The van der Waals surface area contributed by atoms with Crippen LogP contribution in [-0.4, -0.2) is 40.0 Å². The Labute approximate surface area is 188 Å². The van der Waals surface area contributed by atoms with Gasteiger partial charge in [-0.3, -0.25) is 9.59 Å². The molecule has 0 spiro atoms. The number of anilines is 1. The molecule has 33 heavy (non-hydrogen) atoms. The van der Waals surface area contributed by atoms with Crippen molar-refractivity contribution in [2.75, 3.05) is 33.2 Å². The van der Waals surface area contributed by atoms with Gasteiger partial charge in [0.1, 0.15) is 6.54 Å². The molecule has 1 aliphatic rings. The van der Waals surface area contributed by atoms with E-state index in [4.69, 9.17) is 14.2 Å². The van der Waals surface area contributed by atoms with Crippen molar-refractivity contribution in [3.8, 4) is 28.4 Å². The highest BCUT2D eigenvalue weighted by atomic mass is 19.4. The molecule has 1 aliphatic carbocycles. The normalized spacial score (nSPS) is 14.9. The molecule has 0 heterocycles. The highest BCUT2D eigenvalue weighted by molar-refractivity contribution is 5.83. The largest absolute Gasteiger partial charge is 0.493 e. The van der Waals surface area contributed by atoms with Gasteiger partial charge in [0, 0.05) is 12.5 Å². The average molecular weight is 466 g/mol. The van der Waals surface area contributed by atoms with E-state index in [1.165, 1.54) is 40.4 Å². The van der Waals surface area contributed by atoms with Gasteiger partial charge < -0.3 is 24.8 Å². The monoisotopic (exact) mass is 466 g/mol. The topological polar surface area (TPSA) is 85.9 Å². The molecule has 0 aromatic heterocycles. The number of ether oxygens (including phenoxy) is 3. The van der Waals surface area contributed by atoms with Crippen molar-refractivity contribution in [1.82, 2.24) is 5.32 Å². The summed E-state index contributed by atoms with van der Waals surface area (Å²) in [5.74, 6) is 0.852. The average Bonchev–Trinajstić information content (AvgIpc) is 2.99. The van der Waals surface area contributed by atoms with Gasteiger partial charge in [0.05, 0.1) is 33.1 Å². The first-order valence-electron chi connectivity index (χ1n) is 10.2. The van der Waals surface area contributed by atoms with E-state index < -0.39 is 24.2 Å². The zero-order valence-corrected chi connectivity index (χ0v) is 18.7. The number of carbonyl (C=O) groups excluding carboxylic acids is 1. The lowest BCUT2D eigenvalue weighted by atomic mass is 9.95. The summed E-state index contributed by atoms with van der Waals surface area (Å²) in [6, 6.07) is 5.39. The Balaban J connectivity index is 2.32. The lowest BCUT2D eigenvalue weighted by Gasteiger charge is -2.19. The zero-order valence-electron chi connectivity index (χ0n) is 18.7. The summed E-state index contributed by atoms with van der Waals surface area (Å²) < 4.78 is 54.8. The number of aryl methyl sites for hydroxylation is 1. The van der Waals surface area contributed by atoms with E-state index in [1.807, 2.05) is 0 Å². The predicted octanol–water partition coefficient (Wildman–Crippen LogP) is 3.84. The van der Waals surface area contributed by atoms with Crippen LogP contribution in [0.25, 0.3) is 11.1 Å². The van der Waals surface area contributed by atoms with Gasteiger partial charge in [-0.25, -0.2) is 0 Å². The minimum absolute atomic E-state index is 0.206. The van der Waals surface area contributed by atoms with Gasteiger partial charge in [0.2, 0.25) is 17.1 Å². The number of carbonyl (C=O) groups is 1. The number of alkyl halides is 3. The van der Waals surface area contributed by atoms with Crippen LogP contribution in [0.2, 0.25) is 0 Å². The maximum atomic E-state index is 12.8. The van der Waals surface area contributed by atoms with Crippen LogP contribution >= 0.6 is 0 Å². The number of rotatable bonds is 6. The molecular formula is C23H25F3N2O5. The summed E-state index contributed by atoms with van der Waals surface area (Å²) in [6.07, 6.45) is -3.52. The molecule has 0 radical (unpaired) electrons. The standard InChI is InChI=1S/C23H25F3N2O5/c1-12(29)28-16-7-5-13-9-19(31-2)21(32-3)22(33-4)20(13)14-6-8-17(18(30)10-15(14)16)27-11-23(24,25)26/h6,8-10,16H,5,7,11H2,1-4H3,(H,27,30)(H,28,29)/t16-/m0/s1. The first-order chi connectivity index (χ1) is 15.6. The van der Waals surface area contributed by atoms with E-state index in [-0.39, 0.29) is 11.6 Å². The lowest BCUT2D eigenvalue weighted by Crippen LogP contribution is -2.27. The Morgan fingerprint density at radius 1 is 1.09 bits per heavy atom. The Morgan fingerprint density at radius 3 is 2.36 bits per heavy atom. The zero-order chi connectivity index (χ0) is 24.3. The summed E-state index contributed by atoms with van der Waals surface area (Å²) >= 11 is 0. The van der Waals surface area contributed by atoms with E-state index in [9.17, 15) is 22.8 Å². The molecule has 0 saturated heterocycles. The number of fused-ring (bicyclic) bond motifs is 3. The smallest absolute Gasteiger partial charge is 0.405 e. The van der Waals surface area contributed by atoms with E-state index in [0.29, 0.717) is 46.8 Å². The van der Waals surface area contributed by atoms with Crippen molar-refractivity contribution in [2.45, 2.75) is 32.0 Å². The SMILES string of the molecule is COc1cc2c(c(OC)c1OC)-c1ccc(NCC(F)(F)F)c(=O)cc1[C@@H](NC(C)=O)CC2. The minimum atomic E-state index is -4.49. The summed E-state index contributed by atoms with van der Waals surface area (Å²) in [6.45, 7) is 0.0126. The number of methoxy groups -OCH3 is 3. The van der Waals surface area contributed by atoms with Crippen LogP contribution in [-0.2, 0) is 11.2 Å². The second-order valence-electron chi connectivity index (χ2n) is 7.56. The molecule has 178 valence electrons. The van der Waals surface area contributed by atoms with Crippen LogP contribution in [0.1, 0.15) is 30.5 Å². The van der Waals surface area contributed by atoms with Crippen molar-refractivity contribution in [3.05, 3.63) is 45.6 Å². The first kappa shape index (κ1) is 24.2. The number of hydrogen-bond acceptors (Lipinski definition) is 6. The van der Waals surface area contributed by atoms with E-state index >= 15 is 0 Å². The Kier molecular flexibility index (Phi) is 7.04. The van der Waals surface area contributed by atoms with Crippen LogP contribution in [0.5, 0.6) is 17.2 Å². The Bertz CT molecular complexity index is 1120. The van der Waals surface area contributed by atoms with Gasteiger partial charge in [-0.2, -0.15) is 13.2 Å². The molecule has 1 amide bonds. The van der Waals surface area contributed by atoms with E-state index in [2.05, 4.69) is 10.6 Å². The van der Waals surface area contributed by atoms with Gasteiger partial charge in [0.25, 0.3) is 0 Å². The fourth-order valence-corrected chi connectivity index (χ4v) is 4.05. The predicted molar refractivity (Wildman–Crippen MR) is 117 cm³/mol. The third-order valence-corrected chi connectivity index (χ3v) is 5.40. The van der Waals surface area contributed by atoms with Crippen molar-refractivity contribution in [1.29, 1.82) is 0 Å². The quantitative estimate of drug-likeness (QED) is 0.673. The van der Waals surface area contributed by atoms with Gasteiger partial charge in [0.15, 0.2) is 11.5 Å². The molecule has 7 nitrogen and oxygen atoms in total. The van der Waals surface area contributed by atoms with Crippen LogP contribution in [0.15, 0.2) is 29.1 Å². The van der Waals surface area contributed by atoms with E-state index in [1.54, 1.807) is 12.1 Å².